The van der Waals surface area contributed by atoms with Crippen molar-refractivity contribution < 1.29 is 0 Å². The van der Waals surface area contributed by atoms with Crippen LogP contribution in [0.2, 0.25) is 0 Å². The lowest BCUT2D eigenvalue weighted by molar-refractivity contribution is 0.191. The molecular formula is C14H24BrN5. The minimum absolute atomic E-state index is 0.480. The first kappa shape index (κ1) is 15.5. The van der Waals surface area contributed by atoms with E-state index in [1.54, 1.807) is 6.07 Å². The van der Waals surface area contributed by atoms with Crippen molar-refractivity contribution >= 4 is 27.7 Å². The Morgan fingerprint density at radius 3 is 2.80 bits per heavy atom. The lowest BCUT2D eigenvalue weighted by atomic mass is 9.94. The maximum Gasteiger partial charge on any atom is 0.225 e. The number of nitrogen functional groups attached to an aromatic ring is 1. The molecule has 1 aromatic heterocycles. The Bertz CT molecular complexity index is 400. The molecule has 0 radical (unpaired) electrons. The van der Waals surface area contributed by atoms with E-state index < -0.39 is 0 Å². The molecule has 0 aromatic carbocycles. The highest BCUT2D eigenvalue weighted by molar-refractivity contribution is 9.10. The first-order chi connectivity index (χ1) is 9.65. The van der Waals surface area contributed by atoms with E-state index in [1.165, 1.54) is 32.1 Å². The number of aromatic nitrogens is 2. The Morgan fingerprint density at radius 2 is 2.10 bits per heavy atom. The highest BCUT2D eigenvalue weighted by Crippen LogP contribution is 2.21. The summed E-state index contributed by atoms with van der Waals surface area (Å²) in [5, 5.41) is 3.23. The average molecular weight is 342 g/mol. The second-order valence-electron chi connectivity index (χ2n) is 5.49. The SMILES string of the molecule is CN(CCCNc1nc(N)cc(Br)n1)C1CCCCC1. The van der Waals surface area contributed by atoms with E-state index in [2.05, 4.69) is 43.2 Å². The predicted molar refractivity (Wildman–Crippen MR) is 86.8 cm³/mol. The third-order valence-corrected chi connectivity index (χ3v) is 4.29. The van der Waals surface area contributed by atoms with E-state index in [-0.39, 0.29) is 0 Å². The predicted octanol–water partition coefficient (Wildman–Crippen LogP) is 2.89. The Morgan fingerprint density at radius 1 is 1.35 bits per heavy atom. The van der Waals surface area contributed by atoms with Crippen molar-refractivity contribution in [3.05, 3.63) is 10.7 Å². The van der Waals surface area contributed by atoms with Gasteiger partial charge in [0.25, 0.3) is 0 Å². The lowest BCUT2D eigenvalue weighted by Gasteiger charge is -2.31. The molecular weight excluding hydrogens is 318 g/mol. The van der Waals surface area contributed by atoms with Crippen molar-refractivity contribution in [1.29, 1.82) is 0 Å². The van der Waals surface area contributed by atoms with Crippen molar-refractivity contribution in [2.45, 2.75) is 44.6 Å². The van der Waals surface area contributed by atoms with Crippen molar-refractivity contribution in [2.24, 2.45) is 0 Å². The van der Waals surface area contributed by atoms with Crippen LogP contribution in [0.5, 0.6) is 0 Å². The minimum atomic E-state index is 0.480. The maximum atomic E-state index is 5.68. The summed E-state index contributed by atoms with van der Waals surface area (Å²) in [7, 11) is 2.24. The van der Waals surface area contributed by atoms with E-state index in [0.717, 1.165) is 25.6 Å². The molecule has 0 saturated heterocycles. The van der Waals surface area contributed by atoms with Crippen LogP contribution in [-0.2, 0) is 0 Å². The van der Waals surface area contributed by atoms with E-state index in [4.69, 9.17) is 5.73 Å². The quantitative estimate of drug-likeness (QED) is 0.615. The van der Waals surface area contributed by atoms with Crippen molar-refractivity contribution in [3.8, 4) is 0 Å². The summed E-state index contributed by atoms with van der Waals surface area (Å²) < 4.78 is 0.715. The molecule has 112 valence electrons. The highest BCUT2D eigenvalue weighted by Gasteiger charge is 2.17. The normalized spacial score (nSPS) is 16.6. The molecule has 5 nitrogen and oxygen atoms in total. The van der Waals surface area contributed by atoms with Crippen LogP contribution in [0.15, 0.2) is 10.7 Å². The molecule has 0 bridgehead atoms. The summed E-state index contributed by atoms with van der Waals surface area (Å²) in [5.41, 5.74) is 5.68. The molecule has 0 atom stereocenters. The Balaban J connectivity index is 1.67. The van der Waals surface area contributed by atoms with Gasteiger partial charge in [-0.3, -0.25) is 0 Å². The fraction of sp³-hybridized carbons (Fsp3) is 0.714. The molecule has 1 aromatic rings. The molecule has 6 heteroatoms. The molecule has 20 heavy (non-hydrogen) atoms. The Hall–Kier alpha value is -0.880. The Kier molecular flexibility index (Phi) is 6.04. The van der Waals surface area contributed by atoms with Crippen LogP contribution < -0.4 is 11.1 Å². The monoisotopic (exact) mass is 341 g/mol. The summed E-state index contributed by atoms with van der Waals surface area (Å²) in [6.45, 7) is 1.98. The summed E-state index contributed by atoms with van der Waals surface area (Å²) >= 11 is 3.32. The number of nitrogens with zero attached hydrogens (tertiary/aromatic N) is 3. The van der Waals surface area contributed by atoms with Crippen molar-refractivity contribution in [3.63, 3.8) is 0 Å². The van der Waals surface area contributed by atoms with E-state index in [1.807, 2.05) is 0 Å². The zero-order valence-corrected chi connectivity index (χ0v) is 13.7. The molecule has 0 spiro atoms. The topological polar surface area (TPSA) is 67.1 Å². The number of anilines is 2. The minimum Gasteiger partial charge on any atom is -0.383 e. The number of hydrogen-bond acceptors (Lipinski definition) is 5. The standard InChI is InChI=1S/C14H24BrN5/c1-20(11-6-3-2-4-7-11)9-5-8-17-14-18-12(15)10-13(16)19-14/h10-11H,2-9H2,1H3,(H3,16,17,18,19). The summed E-state index contributed by atoms with van der Waals surface area (Å²) in [4.78, 5) is 10.9. The van der Waals surface area contributed by atoms with Gasteiger partial charge in [0.05, 0.1) is 0 Å². The van der Waals surface area contributed by atoms with E-state index >= 15 is 0 Å². The van der Waals surface area contributed by atoms with Gasteiger partial charge in [-0.1, -0.05) is 19.3 Å². The molecule has 1 aliphatic rings. The molecule has 1 fully saturated rings. The van der Waals surface area contributed by atoms with Crippen LogP contribution in [0.25, 0.3) is 0 Å². The first-order valence-corrected chi connectivity index (χ1v) is 8.18. The fourth-order valence-corrected chi connectivity index (χ4v) is 3.15. The van der Waals surface area contributed by atoms with Gasteiger partial charge < -0.3 is 16.0 Å². The molecule has 0 amide bonds. The van der Waals surface area contributed by atoms with Crippen LogP contribution in [0.4, 0.5) is 11.8 Å². The van der Waals surface area contributed by atoms with Crippen molar-refractivity contribution in [1.82, 2.24) is 14.9 Å². The summed E-state index contributed by atoms with van der Waals surface area (Å²) in [5.74, 6) is 1.07. The second kappa shape index (κ2) is 7.78. The van der Waals surface area contributed by atoms with Gasteiger partial charge in [0, 0.05) is 18.7 Å². The summed E-state index contributed by atoms with van der Waals surface area (Å²) in [6.07, 6.45) is 7.98. The Labute approximate surface area is 129 Å². The van der Waals surface area contributed by atoms with E-state index in [0.29, 0.717) is 16.4 Å². The smallest absolute Gasteiger partial charge is 0.225 e. The summed E-state index contributed by atoms with van der Waals surface area (Å²) in [6, 6.07) is 2.48. The van der Waals surface area contributed by atoms with Gasteiger partial charge in [-0.15, -0.1) is 0 Å². The molecule has 0 aliphatic heterocycles. The van der Waals surface area contributed by atoms with Crippen LogP contribution in [0, 0.1) is 0 Å². The van der Waals surface area contributed by atoms with Gasteiger partial charge in [-0.05, 0) is 48.8 Å². The number of halogens is 1. The molecule has 1 aliphatic carbocycles. The van der Waals surface area contributed by atoms with Crippen LogP contribution >= 0.6 is 15.9 Å². The highest BCUT2D eigenvalue weighted by atomic mass is 79.9. The third kappa shape index (κ3) is 4.90. The molecule has 1 heterocycles. The van der Waals surface area contributed by atoms with Gasteiger partial charge >= 0.3 is 0 Å². The van der Waals surface area contributed by atoms with Crippen LogP contribution in [0.1, 0.15) is 38.5 Å². The molecule has 0 unspecified atom stereocenters. The second-order valence-corrected chi connectivity index (χ2v) is 6.30. The fourth-order valence-electron chi connectivity index (χ4n) is 2.75. The van der Waals surface area contributed by atoms with Crippen molar-refractivity contribution in [2.75, 3.05) is 31.2 Å². The van der Waals surface area contributed by atoms with Gasteiger partial charge in [0.1, 0.15) is 10.4 Å². The van der Waals surface area contributed by atoms with E-state index in [9.17, 15) is 0 Å². The molecule has 2 rings (SSSR count). The molecule has 1 saturated carbocycles. The van der Waals surface area contributed by atoms with Gasteiger partial charge in [-0.25, -0.2) is 4.98 Å². The van der Waals surface area contributed by atoms with Crippen LogP contribution in [0.3, 0.4) is 0 Å². The first-order valence-electron chi connectivity index (χ1n) is 7.39. The molecule has 3 N–H and O–H groups in total. The third-order valence-electron chi connectivity index (χ3n) is 3.88. The lowest BCUT2D eigenvalue weighted by Crippen LogP contribution is -2.34. The number of hydrogen-bond donors (Lipinski definition) is 2. The van der Waals surface area contributed by atoms with Gasteiger partial charge in [0.15, 0.2) is 0 Å². The number of nitrogens with two attached hydrogens (primary N) is 1. The van der Waals surface area contributed by atoms with Gasteiger partial charge in [0.2, 0.25) is 5.95 Å². The largest absolute Gasteiger partial charge is 0.383 e. The number of rotatable bonds is 6. The zero-order chi connectivity index (χ0) is 14.4. The number of nitrogens with one attached hydrogen (secondary N) is 1. The maximum absolute atomic E-state index is 5.68. The van der Waals surface area contributed by atoms with Gasteiger partial charge in [-0.2, -0.15) is 4.98 Å². The zero-order valence-electron chi connectivity index (χ0n) is 12.1. The van der Waals surface area contributed by atoms with Crippen LogP contribution in [-0.4, -0.2) is 41.0 Å². The average Bonchev–Trinajstić information content (AvgIpc) is 2.43.